The monoisotopic (exact) mass is 258 g/mol. The molecule has 2 aromatic rings. The predicted octanol–water partition coefficient (Wildman–Crippen LogP) is 1.68. The number of fused-ring (bicyclic) bond motifs is 1. The van der Waals surface area contributed by atoms with E-state index in [1.165, 1.54) is 0 Å². The Morgan fingerprint density at radius 3 is 2.88 bits per heavy atom. The van der Waals surface area contributed by atoms with Gasteiger partial charge in [-0.3, -0.25) is 0 Å². The molecule has 0 unspecified atom stereocenters. The molecular weight excluding hydrogens is 248 g/mol. The Bertz CT molecular complexity index is 619. The zero-order chi connectivity index (χ0) is 11.8. The van der Waals surface area contributed by atoms with Gasteiger partial charge in [0, 0.05) is 17.7 Å². The molecule has 1 aromatic carbocycles. The van der Waals surface area contributed by atoms with Gasteiger partial charge in [0.05, 0.1) is 23.1 Å². The van der Waals surface area contributed by atoms with Crippen LogP contribution in [0.3, 0.4) is 0 Å². The highest BCUT2D eigenvalue weighted by Crippen LogP contribution is 2.18. The van der Waals surface area contributed by atoms with Crippen LogP contribution in [0.4, 0.5) is 0 Å². The summed E-state index contributed by atoms with van der Waals surface area (Å²) < 4.78 is 23.7. The van der Waals surface area contributed by atoms with Crippen LogP contribution in [-0.4, -0.2) is 23.7 Å². The van der Waals surface area contributed by atoms with E-state index in [1.54, 1.807) is 6.33 Å². The molecule has 0 N–H and O–H groups in total. The molecule has 0 radical (unpaired) electrons. The molecule has 0 aliphatic heterocycles. The summed E-state index contributed by atoms with van der Waals surface area (Å²) in [4.78, 5) is 4.20. The molecule has 6 heteroatoms. The lowest BCUT2D eigenvalue weighted by Crippen LogP contribution is -2.02. The molecule has 1 aromatic heterocycles. The molecule has 0 amide bonds. The number of imidazole rings is 1. The standard InChI is InChI=1S/C10H11ClN2O2S/c1-13-7-12-9-4-2-3-8(10(9)13)5-6-16(11,14)15/h2-4,7H,5-6H2,1H3. The zero-order valence-corrected chi connectivity index (χ0v) is 10.3. The van der Waals surface area contributed by atoms with Crippen molar-refractivity contribution < 1.29 is 8.42 Å². The van der Waals surface area contributed by atoms with Gasteiger partial charge in [-0.15, -0.1) is 0 Å². The number of hydrogen-bond donors (Lipinski definition) is 0. The van der Waals surface area contributed by atoms with Crippen molar-refractivity contribution in [1.82, 2.24) is 9.55 Å². The Hall–Kier alpha value is -1.07. The second-order valence-electron chi connectivity index (χ2n) is 3.63. The Kier molecular flexibility index (Phi) is 2.90. The molecule has 2 rings (SSSR count). The number of hydrogen-bond acceptors (Lipinski definition) is 3. The van der Waals surface area contributed by atoms with Crippen LogP contribution in [0.15, 0.2) is 24.5 Å². The van der Waals surface area contributed by atoms with Crippen molar-refractivity contribution in [2.24, 2.45) is 7.05 Å². The number of para-hydroxylation sites is 1. The quantitative estimate of drug-likeness (QED) is 0.787. The minimum atomic E-state index is -3.44. The normalized spacial score (nSPS) is 12.1. The van der Waals surface area contributed by atoms with Crippen molar-refractivity contribution in [3.63, 3.8) is 0 Å². The van der Waals surface area contributed by atoms with Crippen molar-refractivity contribution in [3.8, 4) is 0 Å². The summed E-state index contributed by atoms with van der Waals surface area (Å²) in [5.74, 6) is -0.0567. The minimum absolute atomic E-state index is 0.0567. The average molecular weight is 259 g/mol. The number of aryl methyl sites for hydroxylation is 2. The Balaban J connectivity index is 2.40. The first kappa shape index (κ1) is 11.4. The molecule has 16 heavy (non-hydrogen) atoms. The van der Waals surface area contributed by atoms with E-state index in [0.717, 1.165) is 16.6 Å². The van der Waals surface area contributed by atoms with Crippen LogP contribution >= 0.6 is 10.7 Å². The molecule has 0 bridgehead atoms. The van der Waals surface area contributed by atoms with Crippen molar-refractivity contribution in [2.45, 2.75) is 6.42 Å². The van der Waals surface area contributed by atoms with Gasteiger partial charge in [-0.05, 0) is 18.1 Å². The molecule has 1 heterocycles. The van der Waals surface area contributed by atoms with Crippen LogP contribution in [0.5, 0.6) is 0 Å². The van der Waals surface area contributed by atoms with Gasteiger partial charge >= 0.3 is 0 Å². The van der Waals surface area contributed by atoms with E-state index in [1.807, 2.05) is 29.8 Å². The van der Waals surface area contributed by atoms with E-state index >= 15 is 0 Å². The maximum atomic E-state index is 10.9. The molecule has 4 nitrogen and oxygen atoms in total. The number of nitrogens with zero attached hydrogens (tertiary/aromatic N) is 2. The molecule has 0 aliphatic rings. The highest BCUT2D eigenvalue weighted by Gasteiger charge is 2.10. The van der Waals surface area contributed by atoms with Gasteiger partial charge in [0.2, 0.25) is 9.05 Å². The molecule has 0 saturated heterocycles. The predicted molar refractivity (Wildman–Crippen MR) is 64.1 cm³/mol. The highest BCUT2D eigenvalue weighted by atomic mass is 35.7. The third-order valence-corrected chi connectivity index (χ3v) is 3.59. The minimum Gasteiger partial charge on any atom is -0.334 e. The first-order valence-corrected chi connectivity index (χ1v) is 7.26. The third-order valence-electron chi connectivity index (χ3n) is 2.44. The summed E-state index contributed by atoms with van der Waals surface area (Å²) in [7, 11) is 3.64. The van der Waals surface area contributed by atoms with Crippen LogP contribution in [-0.2, 0) is 22.5 Å². The van der Waals surface area contributed by atoms with E-state index in [2.05, 4.69) is 4.98 Å². The fraction of sp³-hybridized carbons (Fsp3) is 0.300. The summed E-state index contributed by atoms with van der Waals surface area (Å²) in [5, 5.41) is 0. The van der Waals surface area contributed by atoms with Crippen molar-refractivity contribution in [2.75, 3.05) is 5.75 Å². The van der Waals surface area contributed by atoms with Crippen LogP contribution < -0.4 is 0 Å². The maximum absolute atomic E-state index is 10.9. The van der Waals surface area contributed by atoms with Gasteiger partial charge in [-0.1, -0.05) is 12.1 Å². The summed E-state index contributed by atoms with van der Waals surface area (Å²) in [6.07, 6.45) is 2.12. The van der Waals surface area contributed by atoms with Gasteiger partial charge in [0.15, 0.2) is 0 Å². The smallest absolute Gasteiger partial charge is 0.232 e. The molecule has 0 fully saturated rings. The molecule has 0 saturated carbocycles. The van der Waals surface area contributed by atoms with Crippen LogP contribution in [0, 0.1) is 0 Å². The largest absolute Gasteiger partial charge is 0.334 e. The highest BCUT2D eigenvalue weighted by molar-refractivity contribution is 8.13. The second-order valence-corrected chi connectivity index (χ2v) is 6.53. The summed E-state index contributed by atoms with van der Waals surface area (Å²) in [6.45, 7) is 0. The van der Waals surface area contributed by atoms with Gasteiger partial charge in [0.1, 0.15) is 0 Å². The van der Waals surface area contributed by atoms with Crippen molar-refractivity contribution in [1.29, 1.82) is 0 Å². The SMILES string of the molecule is Cn1cnc2cccc(CCS(=O)(=O)Cl)c21. The zero-order valence-electron chi connectivity index (χ0n) is 8.72. The Labute approximate surface area is 98.3 Å². The maximum Gasteiger partial charge on any atom is 0.232 e. The number of halogens is 1. The first-order valence-electron chi connectivity index (χ1n) is 4.78. The van der Waals surface area contributed by atoms with Gasteiger partial charge in [-0.25, -0.2) is 13.4 Å². The first-order chi connectivity index (χ1) is 7.47. The van der Waals surface area contributed by atoms with Gasteiger partial charge < -0.3 is 4.57 Å². The Morgan fingerprint density at radius 1 is 1.44 bits per heavy atom. The molecule has 0 aliphatic carbocycles. The van der Waals surface area contributed by atoms with E-state index < -0.39 is 9.05 Å². The van der Waals surface area contributed by atoms with Gasteiger partial charge in [-0.2, -0.15) is 0 Å². The van der Waals surface area contributed by atoms with Crippen LogP contribution in [0.2, 0.25) is 0 Å². The molecule has 0 spiro atoms. The lowest BCUT2D eigenvalue weighted by atomic mass is 10.1. The number of benzene rings is 1. The number of rotatable bonds is 3. The van der Waals surface area contributed by atoms with E-state index in [4.69, 9.17) is 10.7 Å². The lowest BCUT2D eigenvalue weighted by molar-refractivity contribution is 0.609. The van der Waals surface area contributed by atoms with Crippen molar-refractivity contribution >= 4 is 30.8 Å². The molecule has 0 atom stereocenters. The second kappa shape index (κ2) is 4.07. The summed E-state index contributed by atoms with van der Waals surface area (Å²) >= 11 is 0. The van der Waals surface area contributed by atoms with Gasteiger partial charge in [0.25, 0.3) is 0 Å². The van der Waals surface area contributed by atoms with E-state index in [9.17, 15) is 8.42 Å². The summed E-state index contributed by atoms with van der Waals surface area (Å²) in [6, 6.07) is 5.66. The fourth-order valence-corrected chi connectivity index (χ4v) is 2.42. The summed E-state index contributed by atoms with van der Waals surface area (Å²) in [5.41, 5.74) is 2.77. The molecule has 86 valence electrons. The third kappa shape index (κ3) is 2.36. The van der Waals surface area contributed by atoms with Crippen LogP contribution in [0.1, 0.15) is 5.56 Å². The van der Waals surface area contributed by atoms with E-state index in [-0.39, 0.29) is 5.75 Å². The topological polar surface area (TPSA) is 52.0 Å². The van der Waals surface area contributed by atoms with Crippen molar-refractivity contribution in [3.05, 3.63) is 30.1 Å². The van der Waals surface area contributed by atoms with E-state index in [0.29, 0.717) is 6.42 Å². The fourth-order valence-electron chi connectivity index (χ4n) is 1.73. The average Bonchev–Trinajstić information content (AvgIpc) is 2.57. The molecular formula is C10H11ClN2O2S. The number of aromatic nitrogens is 2. The van der Waals surface area contributed by atoms with Crippen LogP contribution in [0.25, 0.3) is 11.0 Å². The lowest BCUT2D eigenvalue weighted by Gasteiger charge is -2.03. The Morgan fingerprint density at radius 2 is 2.19 bits per heavy atom.